The Kier molecular flexibility index (Phi) is 3.55. The van der Waals surface area contributed by atoms with Crippen LogP contribution < -0.4 is 10.1 Å². The summed E-state index contributed by atoms with van der Waals surface area (Å²) in [5, 5.41) is 3.19. The highest BCUT2D eigenvalue weighted by Gasteiger charge is 2.04. The number of fused-ring (bicyclic) bond motifs is 1. The van der Waals surface area contributed by atoms with Gasteiger partial charge in [0.15, 0.2) is 0 Å². The number of anilines is 2. The number of carbonyl (C=O) groups excluding carboxylic acids is 1. The molecule has 0 aliphatic rings. The number of ether oxygens (including phenoxy) is 1. The maximum atomic E-state index is 10.8. The van der Waals surface area contributed by atoms with E-state index < -0.39 is 0 Å². The normalized spacial score (nSPS) is 10.5. The zero-order valence-electron chi connectivity index (χ0n) is 11.6. The van der Waals surface area contributed by atoms with Crippen LogP contribution in [0.4, 0.5) is 11.6 Å². The molecule has 2 N–H and O–H groups in total. The van der Waals surface area contributed by atoms with Gasteiger partial charge in [-0.1, -0.05) is 0 Å². The monoisotopic (exact) mass is 281 g/mol. The first kappa shape index (κ1) is 13.2. The van der Waals surface area contributed by atoms with Crippen LogP contribution >= 0.6 is 0 Å². The zero-order valence-corrected chi connectivity index (χ0v) is 11.6. The summed E-state index contributed by atoms with van der Waals surface area (Å²) in [5.41, 5.74) is 3.16. The molecule has 1 heterocycles. The number of aldehydes is 1. The maximum absolute atomic E-state index is 10.8. The molecule has 0 spiro atoms. The summed E-state index contributed by atoms with van der Waals surface area (Å²) < 4.78 is 5.40. The van der Waals surface area contributed by atoms with Crippen molar-refractivity contribution in [2.45, 2.75) is 6.92 Å². The molecule has 0 atom stereocenters. The van der Waals surface area contributed by atoms with Crippen molar-refractivity contribution in [2.24, 2.45) is 0 Å². The molecule has 0 radical (unpaired) electrons. The number of rotatable bonds is 5. The largest absolute Gasteiger partial charge is 0.494 e. The van der Waals surface area contributed by atoms with Crippen LogP contribution in [0, 0.1) is 0 Å². The Bertz CT molecular complexity index is 763. The summed E-state index contributed by atoms with van der Waals surface area (Å²) in [4.78, 5) is 18.4. The molecule has 3 aromatic rings. The first-order valence-electron chi connectivity index (χ1n) is 6.73. The molecule has 5 heteroatoms. The summed E-state index contributed by atoms with van der Waals surface area (Å²) in [6.07, 6.45) is 0.813. The number of hydrogen-bond donors (Lipinski definition) is 2. The minimum atomic E-state index is 0.613. The highest BCUT2D eigenvalue weighted by molar-refractivity contribution is 5.86. The van der Waals surface area contributed by atoms with Gasteiger partial charge in [0.2, 0.25) is 5.95 Å². The van der Waals surface area contributed by atoms with Crippen LogP contribution in [0.5, 0.6) is 5.75 Å². The van der Waals surface area contributed by atoms with Crippen LogP contribution in [-0.4, -0.2) is 22.9 Å². The molecular formula is C16H15N3O2. The Labute approximate surface area is 122 Å². The number of nitrogens with one attached hydrogen (secondary N) is 2. The standard InChI is InChI=1S/C16H15N3O2/c1-2-21-13-6-4-12(5-7-13)17-16-18-14-8-3-11(10-20)9-15(14)19-16/h3-10H,2H2,1H3,(H2,17,18,19). The molecule has 0 saturated carbocycles. The van der Waals surface area contributed by atoms with E-state index in [1.54, 1.807) is 12.1 Å². The summed E-state index contributed by atoms with van der Waals surface area (Å²) in [6, 6.07) is 13.0. The number of aromatic nitrogens is 2. The van der Waals surface area contributed by atoms with Gasteiger partial charge in [-0.3, -0.25) is 4.79 Å². The summed E-state index contributed by atoms with van der Waals surface area (Å²) in [6.45, 7) is 2.60. The third kappa shape index (κ3) is 2.86. The van der Waals surface area contributed by atoms with Crippen LogP contribution in [0.15, 0.2) is 42.5 Å². The second kappa shape index (κ2) is 5.66. The van der Waals surface area contributed by atoms with Crippen molar-refractivity contribution in [1.82, 2.24) is 9.97 Å². The molecule has 3 rings (SSSR count). The quantitative estimate of drug-likeness (QED) is 0.702. The fourth-order valence-corrected chi connectivity index (χ4v) is 2.09. The number of nitrogens with zero attached hydrogens (tertiary/aromatic N) is 1. The number of aromatic amines is 1. The topological polar surface area (TPSA) is 67.0 Å². The van der Waals surface area contributed by atoms with Crippen molar-refractivity contribution in [1.29, 1.82) is 0 Å². The predicted octanol–water partition coefficient (Wildman–Crippen LogP) is 3.52. The van der Waals surface area contributed by atoms with E-state index in [9.17, 15) is 4.79 Å². The highest BCUT2D eigenvalue weighted by Crippen LogP contribution is 2.21. The van der Waals surface area contributed by atoms with Gasteiger partial charge >= 0.3 is 0 Å². The van der Waals surface area contributed by atoms with Crippen LogP contribution in [0.3, 0.4) is 0 Å². The van der Waals surface area contributed by atoms with Crippen molar-refractivity contribution >= 4 is 29.0 Å². The Hall–Kier alpha value is -2.82. The average molecular weight is 281 g/mol. The Morgan fingerprint density at radius 3 is 2.76 bits per heavy atom. The first-order valence-corrected chi connectivity index (χ1v) is 6.73. The van der Waals surface area contributed by atoms with E-state index in [4.69, 9.17) is 4.74 Å². The molecule has 0 saturated heterocycles. The average Bonchev–Trinajstić information content (AvgIpc) is 2.90. The predicted molar refractivity (Wildman–Crippen MR) is 82.4 cm³/mol. The lowest BCUT2D eigenvalue weighted by Gasteiger charge is -2.05. The lowest BCUT2D eigenvalue weighted by atomic mass is 10.2. The van der Waals surface area contributed by atoms with E-state index in [0.29, 0.717) is 18.1 Å². The molecule has 1 aromatic heterocycles. The van der Waals surface area contributed by atoms with E-state index in [0.717, 1.165) is 28.8 Å². The van der Waals surface area contributed by atoms with Gasteiger partial charge in [0.05, 0.1) is 17.6 Å². The van der Waals surface area contributed by atoms with Gasteiger partial charge in [-0.25, -0.2) is 4.98 Å². The van der Waals surface area contributed by atoms with Crippen molar-refractivity contribution in [3.05, 3.63) is 48.0 Å². The third-order valence-electron chi connectivity index (χ3n) is 3.07. The van der Waals surface area contributed by atoms with Crippen molar-refractivity contribution in [2.75, 3.05) is 11.9 Å². The highest BCUT2D eigenvalue weighted by atomic mass is 16.5. The van der Waals surface area contributed by atoms with Crippen molar-refractivity contribution < 1.29 is 9.53 Å². The Morgan fingerprint density at radius 1 is 1.24 bits per heavy atom. The van der Waals surface area contributed by atoms with Gasteiger partial charge in [-0.2, -0.15) is 0 Å². The van der Waals surface area contributed by atoms with Crippen molar-refractivity contribution in [3.63, 3.8) is 0 Å². The number of imidazole rings is 1. The molecule has 0 aliphatic carbocycles. The molecule has 5 nitrogen and oxygen atoms in total. The van der Waals surface area contributed by atoms with Crippen LogP contribution in [-0.2, 0) is 0 Å². The number of benzene rings is 2. The first-order chi connectivity index (χ1) is 10.3. The molecule has 21 heavy (non-hydrogen) atoms. The lowest BCUT2D eigenvalue weighted by molar-refractivity contribution is 0.112. The molecule has 0 amide bonds. The van der Waals surface area contributed by atoms with E-state index in [1.807, 2.05) is 37.3 Å². The summed E-state index contributed by atoms with van der Waals surface area (Å²) in [7, 11) is 0. The molecule has 0 unspecified atom stereocenters. The Balaban J connectivity index is 1.82. The van der Waals surface area contributed by atoms with Gasteiger partial charge < -0.3 is 15.0 Å². The van der Waals surface area contributed by atoms with E-state index in [-0.39, 0.29) is 0 Å². The van der Waals surface area contributed by atoms with Gasteiger partial charge in [0, 0.05) is 11.3 Å². The third-order valence-corrected chi connectivity index (χ3v) is 3.07. The number of carbonyl (C=O) groups is 1. The van der Waals surface area contributed by atoms with Crippen LogP contribution in [0.2, 0.25) is 0 Å². The second-order valence-electron chi connectivity index (χ2n) is 4.56. The minimum Gasteiger partial charge on any atom is -0.494 e. The molecule has 0 fully saturated rings. The van der Waals surface area contributed by atoms with E-state index in [2.05, 4.69) is 15.3 Å². The molecule has 0 bridgehead atoms. The van der Waals surface area contributed by atoms with Gasteiger partial charge in [-0.15, -0.1) is 0 Å². The number of H-pyrrole nitrogens is 1. The maximum Gasteiger partial charge on any atom is 0.205 e. The van der Waals surface area contributed by atoms with Crippen molar-refractivity contribution in [3.8, 4) is 5.75 Å². The SMILES string of the molecule is CCOc1ccc(Nc2nc3cc(C=O)ccc3[nH]2)cc1. The van der Waals surface area contributed by atoms with E-state index >= 15 is 0 Å². The van der Waals surface area contributed by atoms with Gasteiger partial charge in [0.25, 0.3) is 0 Å². The fraction of sp³-hybridized carbons (Fsp3) is 0.125. The smallest absolute Gasteiger partial charge is 0.205 e. The zero-order chi connectivity index (χ0) is 14.7. The van der Waals surface area contributed by atoms with Gasteiger partial charge in [-0.05, 0) is 49.4 Å². The second-order valence-corrected chi connectivity index (χ2v) is 4.56. The Morgan fingerprint density at radius 2 is 2.05 bits per heavy atom. The molecule has 0 aliphatic heterocycles. The van der Waals surface area contributed by atoms with E-state index in [1.165, 1.54) is 0 Å². The summed E-state index contributed by atoms with van der Waals surface area (Å²) in [5.74, 6) is 1.47. The minimum absolute atomic E-state index is 0.613. The lowest BCUT2D eigenvalue weighted by Crippen LogP contribution is -1.94. The fourth-order valence-electron chi connectivity index (χ4n) is 2.09. The van der Waals surface area contributed by atoms with Gasteiger partial charge in [0.1, 0.15) is 12.0 Å². The molecule has 2 aromatic carbocycles. The van der Waals surface area contributed by atoms with Crippen LogP contribution in [0.25, 0.3) is 11.0 Å². The number of hydrogen-bond acceptors (Lipinski definition) is 4. The summed E-state index contributed by atoms with van der Waals surface area (Å²) >= 11 is 0. The van der Waals surface area contributed by atoms with Crippen LogP contribution in [0.1, 0.15) is 17.3 Å². The molecular weight excluding hydrogens is 266 g/mol. The molecule has 106 valence electrons.